The van der Waals surface area contributed by atoms with Gasteiger partial charge in [-0.25, -0.2) is 4.79 Å². The lowest BCUT2D eigenvalue weighted by Crippen LogP contribution is -2.71. The van der Waals surface area contributed by atoms with Crippen LogP contribution in [0.5, 0.6) is 0 Å². The molecule has 5 saturated carbocycles. The Bertz CT molecular complexity index is 1090. The number of hydrogen-bond acceptors (Lipinski definition) is 9. The van der Waals surface area contributed by atoms with E-state index in [9.17, 15) is 30.0 Å². The maximum absolute atomic E-state index is 13.2. The molecule has 5 aliphatic carbocycles. The summed E-state index contributed by atoms with van der Waals surface area (Å²) in [6.07, 6.45) is 4.36. The van der Waals surface area contributed by atoms with Gasteiger partial charge in [0.05, 0.1) is 23.9 Å². The third kappa shape index (κ3) is 3.35. The van der Waals surface area contributed by atoms with E-state index in [1.165, 1.54) is 6.08 Å². The second-order valence-corrected chi connectivity index (χ2v) is 14.2. The zero-order chi connectivity index (χ0) is 27.5. The van der Waals surface area contributed by atoms with Crippen molar-refractivity contribution in [1.82, 2.24) is 0 Å². The number of esters is 1. The quantitative estimate of drug-likeness (QED) is 0.300. The van der Waals surface area contributed by atoms with Gasteiger partial charge in [-0.3, -0.25) is 0 Å². The van der Waals surface area contributed by atoms with Gasteiger partial charge in [0.2, 0.25) is 5.79 Å². The number of rotatable bonds is 2. The summed E-state index contributed by atoms with van der Waals surface area (Å²) < 4.78 is 17.9. The Balaban J connectivity index is 1.20. The summed E-state index contributed by atoms with van der Waals surface area (Å²) in [5.41, 5.74) is -1.97. The number of aliphatic hydroxyl groups is 4. The molecule has 0 unspecified atom stereocenters. The van der Waals surface area contributed by atoms with Gasteiger partial charge in [0.25, 0.3) is 0 Å². The molecular formula is C30H42O9. The first-order chi connectivity index (χ1) is 18.5. The summed E-state index contributed by atoms with van der Waals surface area (Å²) in [6.45, 7) is 4.27. The monoisotopic (exact) mass is 546 g/mol. The van der Waals surface area contributed by atoms with Gasteiger partial charge in [-0.1, -0.05) is 13.8 Å². The first-order valence-corrected chi connectivity index (χ1v) is 14.9. The van der Waals surface area contributed by atoms with Crippen LogP contribution in [0.15, 0.2) is 11.6 Å². The van der Waals surface area contributed by atoms with E-state index in [1.807, 2.05) is 13.8 Å². The van der Waals surface area contributed by atoms with Crippen molar-refractivity contribution >= 4 is 12.3 Å². The van der Waals surface area contributed by atoms with Crippen LogP contribution in [-0.2, 0) is 23.8 Å². The van der Waals surface area contributed by atoms with E-state index in [-0.39, 0.29) is 48.3 Å². The first-order valence-electron chi connectivity index (χ1n) is 14.9. The lowest BCUT2D eigenvalue weighted by Gasteiger charge is -2.65. The Morgan fingerprint density at radius 3 is 2.51 bits per heavy atom. The highest BCUT2D eigenvalue weighted by Gasteiger charge is 2.73. The van der Waals surface area contributed by atoms with Crippen LogP contribution in [-0.4, -0.2) is 81.2 Å². The van der Waals surface area contributed by atoms with Crippen molar-refractivity contribution in [2.45, 2.75) is 114 Å². The van der Waals surface area contributed by atoms with Crippen molar-refractivity contribution in [2.75, 3.05) is 6.61 Å². The molecule has 4 N–H and O–H groups in total. The predicted molar refractivity (Wildman–Crippen MR) is 136 cm³/mol. The fourth-order valence-electron chi connectivity index (χ4n) is 10.7. The number of hydrogen-bond donors (Lipinski definition) is 4. The SMILES string of the molecule is C[C@@H]1C[C@@H](O)[C@]2(O)O[C@@H]3C[C@@]4(C=O)[C@@H](CC[C@@H]5[C@@H]4CC[C@]4(C)[C@@H](C6=CC(=O)OC6)C[C@@H](O)[C@]54O)C[C@H]3O[C@@H]2C1. The highest BCUT2D eigenvalue weighted by Crippen LogP contribution is 2.70. The lowest BCUT2D eigenvalue weighted by molar-refractivity contribution is -0.401. The van der Waals surface area contributed by atoms with Crippen LogP contribution in [0.3, 0.4) is 0 Å². The van der Waals surface area contributed by atoms with Crippen LogP contribution < -0.4 is 0 Å². The van der Waals surface area contributed by atoms with Gasteiger partial charge in [0.15, 0.2) is 0 Å². The first kappa shape index (κ1) is 26.5. The summed E-state index contributed by atoms with van der Waals surface area (Å²) in [5, 5.41) is 46.1. The normalized spacial score (nSPS) is 58.2. The van der Waals surface area contributed by atoms with Gasteiger partial charge >= 0.3 is 5.97 Å². The smallest absolute Gasteiger partial charge is 0.331 e. The van der Waals surface area contributed by atoms with E-state index in [0.29, 0.717) is 44.9 Å². The number of cyclic esters (lactones) is 1. The molecule has 7 aliphatic rings. The molecule has 9 nitrogen and oxygen atoms in total. The number of ether oxygens (including phenoxy) is 3. The summed E-state index contributed by atoms with van der Waals surface area (Å²) in [4.78, 5) is 25.0. The maximum Gasteiger partial charge on any atom is 0.331 e. The molecule has 9 heteroatoms. The Morgan fingerprint density at radius 1 is 1.00 bits per heavy atom. The Hall–Kier alpha value is -1.36. The zero-order valence-corrected chi connectivity index (χ0v) is 22.8. The average Bonchev–Trinajstić information content (AvgIpc) is 3.41. The molecule has 1 saturated heterocycles. The fraction of sp³-hybridized carbons (Fsp3) is 0.867. The average molecular weight is 547 g/mol. The molecule has 0 spiro atoms. The van der Waals surface area contributed by atoms with Crippen LogP contribution in [0.2, 0.25) is 0 Å². The van der Waals surface area contributed by atoms with Crippen molar-refractivity contribution in [2.24, 2.45) is 40.4 Å². The molecule has 0 amide bonds. The predicted octanol–water partition coefficient (Wildman–Crippen LogP) is 1.64. The van der Waals surface area contributed by atoms with Crippen molar-refractivity contribution in [3.05, 3.63) is 11.6 Å². The summed E-state index contributed by atoms with van der Waals surface area (Å²) in [5.74, 6) is -2.49. The summed E-state index contributed by atoms with van der Waals surface area (Å²) >= 11 is 0. The van der Waals surface area contributed by atoms with Crippen molar-refractivity contribution in [3.63, 3.8) is 0 Å². The van der Waals surface area contributed by atoms with Crippen LogP contribution in [0.4, 0.5) is 0 Å². The van der Waals surface area contributed by atoms with E-state index in [2.05, 4.69) is 0 Å². The maximum atomic E-state index is 13.2. The molecule has 6 fully saturated rings. The van der Waals surface area contributed by atoms with Crippen LogP contribution in [0, 0.1) is 40.4 Å². The second-order valence-electron chi connectivity index (χ2n) is 14.2. The van der Waals surface area contributed by atoms with Gasteiger partial charge in [0.1, 0.15) is 25.1 Å². The Morgan fingerprint density at radius 2 is 1.79 bits per heavy atom. The summed E-state index contributed by atoms with van der Waals surface area (Å²) in [7, 11) is 0. The third-order valence-electron chi connectivity index (χ3n) is 12.7. The molecule has 39 heavy (non-hydrogen) atoms. The largest absolute Gasteiger partial charge is 0.458 e. The van der Waals surface area contributed by atoms with Gasteiger partial charge in [-0.2, -0.15) is 0 Å². The molecule has 0 radical (unpaired) electrons. The standard InChI is InChI=1S/C30H42O9/c1-15-7-24(33)30(36)25(8-15)38-21-10-17-3-4-19-18(28(17,14-31)12-22(21)39-30)5-6-27(2)20(11-23(32)29(19,27)35)16-9-26(34)37-13-16/h9,14-15,17-25,32-33,35-36H,3-8,10-13H2,1-2H3/t15-,17+,18+,19-,20-,21-,22-,23-,24-,25-,27-,28-,29-,30+/m1/s1. The highest BCUT2D eigenvalue weighted by atomic mass is 16.7. The van der Waals surface area contributed by atoms with E-state index >= 15 is 0 Å². The number of carbonyl (C=O) groups is 2. The molecule has 0 aromatic rings. The highest BCUT2D eigenvalue weighted by molar-refractivity contribution is 5.85. The molecule has 2 aliphatic heterocycles. The second kappa shape index (κ2) is 8.58. The van der Waals surface area contributed by atoms with E-state index in [0.717, 1.165) is 24.7 Å². The third-order valence-corrected chi connectivity index (χ3v) is 12.7. The van der Waals surface area contributed by atoms with E-state index in [1.54, 1.807) is 0 Å². The lowest BCUT2D eigenvalue weighted by atomic mass is 9.42. The molecule has 2 heterocycles. The van der Waals surface area contributed by atoms with Gasteiger partial charge in [-0.05, 0) is 93.0 Å². The molecule has 0 bridgehead atoms. The van der Waals surface area contributed by atoms with Crippen LogP contribution in [0.1, 0.15) is 71.6 Å². The van der Waals surface area contributed by atoms with E-state index < -0.39 is 46.6 Å². The summed E-state index contributed by atoms with van der Waals surface area (Å²) in [6, 6.07) is 0. The minimum absolute atomic E-state index is 0.0593. The van der Waals surface area contributed by atoms with Crippen LogP contribution in [0.25, 0.3) is 0 Å². The number of fused-ring (bicyclic) bond motifs is 7. The van der Waals surface area contributed by atoms with Gasteiger partial charge in [-0.15, -0.1) is 0 Å². The minimum atomic E-state index is -1.79. The molecular weight excluding hydrogens is 504 g/mol. The number of aldehydes is 1. The minimum Gasteiger partial charge on any atom is -0.458 e. The molecule has 0 aromatic carbocycles. The molecule has 7 rings (SSSR count). The van der Waals surface area contributed by atoms with Crippen molar-refractivity contribution in [3.8, 4) is 0 Å². The molecule has 14 atom stereocenters. The van der Waals surface area contributed by atoms with Gasteiger partial charge < -0.3 is 39.4 Å². The molecule has 216 valence electrons. The van der Waals surface area contributed by atoms with Gasteiger partial charge in [0, 0.05) is 16.9 Å². The topological polar surface area (TPSA) is 143 Å². The Kier molecular flexibility index (Phi) is 5.84. The fourth-order valence-corrected chi connectivity index (χ4v) is 10.7. The van der Waals surface area contributed by atoms with E-state index in [4.69, 9.17) is 14.2 Å². The molecule has 0 aromatic heterocycles. The van der Waals surface area contributed by atoms with Crippen molar-refractivity contribution in [1.29, 1.82) is 0 Å². The zero-order valence-electron chi connectivity index (χ0n) is 22.8. The Labute approximate surface area is 228 Å². The van der Waals surface area contributed by atoms with Crippen LogP contribution >= 0.6 is 0 Å². The van der Waals surface area contributed by atoms with Crippen molar-refractivity contribution < 1.29 is 44.2 Å². The number of aliphatic hydroxyl groups excluding tert-OH is 2. The number of carbonyl (C=O) groups excluding carboxylic acids is 2.